The molecule has 2 rings (SSSR count). The topological polar surface area (TPSA) is 73.9 Å². The minimum Gasteiger partial charge on any atom is -0.497 e. The Morgan fingerprint density at radius 3 is 2.52 bits per heavy atom. The van der Waals surface area contributed by atoms with Crippen molar-refractivity contribution in [2.24, 2.45) is 0 Å². The molecule has 0 aliphatic rings. The van der Waals surface area contributed by atoms with Crippen LogP contribution < -0.4 is 14.8 Å². The Morgan fingerprint density at radius 2 is 1.84 bits per heavy atom. The molecule has 0 heterocycles. The fourth-order valence-electron chi connectivity index (χ4n) is 1.92. The van der Waals surface area contributed by atoms with Crippen molar-refractivity contribution in [1.29, 1.82) is 0 Å². The van der Waals surface area contributed by atoms with E-state index >= 15 is 0 Å². The van der Waals surface area contributed by atoms with Crippen molar-refractivity contribution >= 4 is 11.9 Å². The number of halogens is 1. The number of nitrogens with one attached hydrogen (secondary N) is 1. The van der Waals surface area contributed by atoms with Crippen LogP contribution >= 0.6 is 0 Å². The van der Waals surface area contributed by atoms with Crippen LogP contribution in [0.3, 0.4) is 0 Å². The summed E-state index contributed by atoms with van der Waals surface area (Å²) in [7, 11) is 1.39. The zero-order valence-corrected chi connectivity index (χ0v) is 13.7. The van der Waals surface area contributed by atoms with Crippen LogP contribution in [0.1, 0.15) is 10.4 Å². The number of para-hydroxylation sites is 1. The van der Waals surface area contributed by atoms with Crippen LogP contribution in [0, 0.1) is 5.82 Å². The zero-order chi connectivity index (χ0) is 18.1. The van der Waals surface area contributed by atoms with Gasteiger partial charge in [-0.1, -0.05) is 18.2 Å². The van der Waals surface area contributed by atoms with E-state index in [2.05, 4.69) is 5.32 Å². The molecule has 0 spiro atoms. The zero-order valence-electron chi connectivity index (χ0n) is 13.7. The van der Waals surface area contributed by atoms with Crippen molar-refractivity contribution < 1.29 is 28.2 Å². The summed E-state index contributed by atoms with van der Waals surface area (Å²) >= 11 is 0. The molecule has 0 atom stereocenters. The highest BCUT2D eigenvalue weighted by molar-refractivity contribution is 5.91. The molecule has 132 valence electrons. The van der Waals surface area contributed by atoms with Crippen LogP contribution in [0.4, 0.5) is 4.39 Å². The lowest BCUT2D eigenvalue weighted by Gasteiger charge is -2.09. The monoisotopic (exact) mass is 347 g/mol. The van der Waals surface area contributed by atoms with Crippen molar-refractivity contribution in [2.75, 3.05) is 26.9 Å². The maximum Gasteiger partial charge on any atom is 0.341 e. The van der Waals surface area contributed by atoms with Crippen molar-refractivity contribution in [3.8, 4) is 11.5 Å². The van der Waals surface area contributed by atoms with Gasteiger partial charge in [0.05, 0.1) is 19.2 Å². The maximum atomic E-state index is 13.7. The molecular weight excluding hydrogens is 329 g/mol. The van der Waals surface area contributed by atoms with Gasteiger partial charge in [0.15, 0.2) is 6.61 Å². The van der Waals surface area contributed by atoms with E-state index in [9.17, 15) is 14.0 Å². The fourth-order valence-corrected chi connectivity index (χ4v) is 1.92. The first kappa shape index (κ1) is 18.3. The highest BCUT2D eigenvalue weighted by Gasteiger charge is 2.15. The molecule has 0 bridgehead atoms. The lowest BCUT2D eigenvalue weighted by Crippen LogP contribution is -2.32. The molecule has 6 nitrogen and oxygen atoms in total. The molecule has 7 heteroatoms. The first-order valence-corrected chi connectivity index (χ1v) is 7.55. The normalized spacial score (nSPS) is 10.0. The average Bonchev–Trinajstić information content (AvgIpc) is 2.64. The smallest absolute Gasteiger partial charge is 0.341 e. The number of ether oxygens (including phenoxy) is 3. The number of carbonyl (C=O) groups excluding carboxylic acids is 2. The minimum absolute atomic E-state index is 0.252. The van der Waals surface area contributed by atoms with Crippen molar-refractivity contribution in [2.45, 2.75) is 0 Å². The lowest BCUT2D eigenvalue weighted by molar-refractivity contribution is -0.124. The second kappa shape index (κ2) is 9.27. The molecule has 2 aromatic rings. The summed E-state index contributed by atoms with van der Waals surface area (Å²) in [6.07, 6.45) is 0. The van der Waals surface area contributed by atoms with E-state index in [1.54, 1.807) is 12.1 Å². The average molecular weight is 347 g/mol. The molecule has 0 aliphatic heterocycles. The maximum absolute atomic E-state index is 13.7. The number of rotatable bonds is 8. The van der Waals surface area contributed by atoms with Gasteiger partial charge in [0.25, 0.3) is 5.91 Å². The number of hydrogen-bond acceptors (Lipinski definition) is 5. The number of hydrogen-bond donors (Lipinski definition) is 1. The second-order valence-electron chi connectivity index (χ2n) is 4.93. The molecule has 1 N–H and O–H groups in total. The van der Waals surface area contributed by atoms with Gasteiger partial charge in [-0.15, -0.1) is 0 Å². The van der Waals surface area contributed by atoms with Gasteiger partial charge in [-0.05, 0) is 24.3 Å². The molecule has 25 heavy (non-hydrogen) atoms. The fraction of sp³-hybridized carbons (Fsp3) is 0.222. The molecule has 0 aliphatic carbocycles. The summed E-state index contributed by atoms with van der Waals surface area (Å²) < 4.78 is 28.8. The summed E-state index contributed by atoms with van der Waals surface area (Å²) in [5, 5.41) is 2.54. The molecule has 0 saturated heterocycles. The van der Waals surface area contributed by atoms with Crippen LogP contribution in [-0.2, 0) is 9.53 Å². The first-order chi connectivity index (χ1) is 12.1. The van der Waals surface area contributed by atoms with E-state index in [-0.39, 0.29) is 24.5 Å². The Bertz CT molecular complexity index is 721. The molecule has 0 saturated carbocycles. The van der Waals surface area contributed by atoms with E-state index in [4.69, 9.17) is 14.2 Å². The third-order valence-electron chi connectivity index (χ3n) is 3.17. The third kappa shape index (κ3) is 5.80. The number of carbonyl (C=O) groups is 2. The predicted molar refractivity (Wildman–Crippen MR) is 88.2 cm³/mol. The van der Waals surface area contributed by atoms with Crippen molar-refractivity contribution in [3.63, 3.8) is 0 Å². The van der Waals surface area contributed by atoms with Crippen molar-refractivity contribution in [3.05, 3.63) is 59.9 Å². The highest BCUT2D eigenvalue weighted by atomic mass is 19.1. The lowest BCUT2D eigenvalue weighted by atomic mass is 10.2. The van der Waals surface area contributed by atoms with E-state index in [1.165, 1.54) is 19.2 Å². The molecule has 0 unspecified atom stereocenters. The summed E-state index contributed by atoms with van der Waals surface area (Å²) in [6, 6.07) is 12.9. The summed E-state index contributed by atoms with van der Waals surface area (Å²) in [4.78, 5) is 23.4. The number of methoxy groups -OCH3 is 1. The minimum atomic E-state index is -0.921. The molecular formula is C18H18FNO5. The third-order valence-corrected chi connectivity index (χ3v) is 3.17. The molecule has 0 aromatic heterocycles. The Hall–Kier alpha value is -3.09. The van der Waals surface area contributed by atoms with Crippen LogP contribution in [0.15, 0.2) is 48.5 Å². The van der Waals surface area contributed by atoms with Crippen LogP contribution in [0.5, 0.6) is 11.5 Å². The summed E-state index contributed by atoms with van der Waals surface area (Å²) in [5.41, 5.74) is -0.263. The van der Waals surface area contributed by atoms with E-state index < -0.39 is 24.3 Å². The van der Waals surface area contributed by atoms with Gasteiger partial charge in [0, 0.05) is 6.07 Å². The standard InChI is InChI=1S/C18H18FNO5/c1-23-14-7-8-15(16(19)11-14)18(22)25-12-17(21)20-9-10-24-13-5-3-2-4-6-13/h2-8,11H,9-10,12H2,1H3,(H,20,21). The molecule has 0 fully saturated rings. The van der Waals surface area contributed by atoms with Crippen LogP contribution in [-0.4, -0.2) is 38.7 Å². The quantitative estimate of drug-likeness (QED) is 0.585. The van der Waals surface area contributed by atoms with Gasteiger partial charge in [0.2, 0.25) is 0 Å². The number of amides is 1. The van der Waals surface area contributed by atoms with Gasteiger partial charge in [0.1, 0.15) is 23.9 Å². The van der Waals surface area contributed by atoms with E-state index in [0.717, 1.165) is 6.07 Å². The second-order valence-corrected chi connectivity index (χ2v) is 4.93. The highest BCUT2D eigenvalue weighted by Crippen LogP contribution is 2.16. The number of esters is 1. The van der Waals surface area contributed by atoms with Gasteiger partial charge in [-0.25, -0.2) is 9.18 Å². The summed E-state index contributed by atoms with van der Waals surface area (Å²) in [6.45, 7) is 0.0224. The van der Waals surface area contributed by atoms with Gasteiger partial charge < -0.3 is 19.5 Å². The molecule has 2 aromatic carbocycles. The Morgan fingerprint density at radius 1 is 1.08 bits per heavy atom. The molecule has 0 radical (unpaired) electrons. The largest absolute Gasteiger partial charge is 0.497 e. The Kier molecular flexibility index (Phi) is 6.76. The van der Waals surface area contributed by atoms with Crippen LogP contribution in [0.2, 0.25) is 0 Å². The van der Waals surface area contributed by atoms with Crippen LogP contribution in [0.25, 0.3) is 0 Å². The van der Waals surface area contributed by atoms with E-state index in [0.29, 0.717) is 5.75 Å². The van der Waals surface area contributed by atoms with Gasteiger partial charge >= 0.3 is 5.97 Å². The van der Waals surface area contributed by atoms with Crippen molar-refractivity contribution in [1.82, 2.24) is 5.32 Å². The number of benzene rings is 2. The molecule has 1 amide bonds. The Balaban J connectivity index is 1.70. The SMILES string of the molecule is COc1ccc(C(=O)OCC(=O)NCCOc2ccccc2)c(F)c1. The first-order valence-electron chi connectivity index (χ1n) is 7.55. The van der Waals surface area contributed by atoms with Gasteiger partial charge in [-0.3, -0.25) is 4.79 Å². The Labute approximate surface area is 144 Å². The van der Waals surface area contributed by atoms with Gasteiger partial charge in [-0.2, -0.15) is 0 Å². The summed E-state index contributed by atoms with van der Waals surface area (Å²) in [5.74, 6) is -1.22. The predicted octanol–water partition coefficient (Wildman–Crippen LogP) is 2.19. The van der Waals surface area contributed by atoms with E-state index in [1.807, 2.05) is 18.2 Å².